The number of nitrogens with one attached hydrogen (secondary N) is 1. The molecule has 1 aliphatic heterocycles. The lowest BCUT2D eigenvalue weighted by Gasteiger charge is -2.26. The maximum Gasteiger partial charge on any atom is 0.224 e. The summed E-state index contributed by atoms with van der Waals surface area (Å²) >= 11 is 0. The van der Waals surface area contributed by atoms with E-state index in [9.17, 15) is 0 Å². The lowest BCUT2D eigenvalue weighted by atomic mass is 10.3. The van der Waals surface area contributed by atoms with E-state index in [2.05, 4.69) is 20.2 Å². The molecule has 0 atom stereocenters. The minimum absolute atomic E-state index is 0.552. The van der Waals surface area contributed by atoms with Crippen LogP contribution in [0.2, 0.25) is 0 Å². The lowest BCUT2D eigenvalue weighted by molar-refractivity contribution is 0.0384. The van der Waals surface area contributed by atoms with Crippen LogP contribution in [0.4, 0.5) is 0 Å². The highest BCUT2D eigenvalue weighted by molar-refractivity contribution is 5.34. The molecule has 1 aromatic heterocycles. The molecular formula is C13H22N4O3. The van der Waals surface area contributed by atoms with Gasteiger partial charge in [-0.3, -0.25) is 4.90 Å². The second-order valence-corrected chi connectivity index (χ2v) is 4.50. The normalized spacial score (nSPS) is 16.1. The Morgan fingerprint density at radius 1 is 1.20 bits per heavy atom. The van der Waals surface area contributed by atoms with Gasteiger partial charge >= 0.3 is 0 Å². The van der Waals surface area contributed by atoms with E-state index in [1.807, 2.05) is 0 Å². The van der Waals surface area contributed by atoms with Crippen LogP contribution in [0.25, 0.3) is 0 Å². The summed E-state index contributed by atoms with van der Waals surface area (Å²) < 4.78 is 15.8. The number of hydrogen-bond donors (Lipinski definition) is 1. The lowest BCUT2D eigenvalue weighted by Crippen LogP contribution is -2.40. The third kappa shape index (κ3) is 4.03. The largest absolute Gasteiger partial charge is 0.481 e. The van der Waals surface area contributed by atoms with Crippen molar-refractivity contribution in [2.45, 2.75) is 6.54 Å². The fourth-order valence-corrected chi connectivity index (χ4v) is 2.16. The van der Waals surface area contributed by atoms with Gasteiger partial charge in [-0.2, -0.15) is 0 Å². The van der Waals surface area contributed by atoms with Crippen molar-refractivity contribution in [2.75, 3.05) is 53.6 Å². The van der Waals surface area contributed by atoms with Gasteiger partial charge in [0.25, 0.3) is 0 Å². The highest BCUT2D eigenvalue weighted by atomic mass is 16.5. The highest BCUT2D eigenvalue weighted by Gasteiger charge is 2.13. The van der Waals surface area contributed by atoms with E-state index < -0.39 is 0 Å². The van der Waals surface area contributed by atoms with Crippen LogP contribution in [0.15, 0.2) is 6.33 Å². The van der Waals surface area contributed by atoms with Crippen molar-refractivity contribution < 1.29 is 14.2 Å². The van der Waals surface area contributed by atoms with Crippen molar-refractivity contribution in [1.82, 2.24) is 20.2 Å². The van der Waals surface area contributed by atoms with Gasteiger partial charge in [-0.1, -0.05) is 0 Å². The third-order valence-electron chi connectivity index (χ3n) is 3.26. The summed E-state index contributed by atoms with van der Waals surface area (Å²) in [7, 11) is 3.19. The van der Waals surface area contributed by atoms with Gasteiger partial charge in [0.2, 0.25) is 11.8 Å². The highest BCUT2D eigenvalue weighted by Crippen LogP contribution is 2.22. The molecule has 2 heterocycles. The molecule has 0 bridgehead atoms. The molecule has 0 amide bonds. The molecule has 1 saturated heterocycles. The number of morpholine rings is 1. The number of aromatic nitrogens is 2. The Hall–Kier alpha value is -1.44. The Morgan fingerprint density at radius 2 is 1.85 bits per heavy atom. The van der Waals surface area contributed by atoms with E-state index in [-0.39, 0.29) is 0 Å². The first-order valence-electron chi connectivity index (χ1n) is 6.78. The molecule has 2 rings (SSSR count). The molecule has 1 N–H and O–H groups in total. The van der Waals surface area contributed by atoms with Gasteiger partial charge in [0, 0.05) is 32.7 Å². The molecular weight excluding hydrogens is 260 g/mol. The van der Waals surface area contributed by atoms with Crippen LogP contribution in [-0.2, 0) is 11.3 Å². The van der Waals surface area contributed by atoms with Crippen molar-refractivity contribution >= 4 is 0 Å². The van der Waals surface area contributed by atoms with E-state index in [0.717, 1.165) is 45.0 Å². The van der Waals surface area contributed by atoms with Gasteiger partial charge in [-0.15, -0.1) is 0 Å². The maximum absolute atomic E-state index is 5.32. The van der Waals surface area contributed by atoms with Gasteiger partial charge < -0.3 is 19.5 Å². The van der Waals surface area contributed by atoms with Gasteiger partial charge in [0.1, 0.15) is 6.33 Å². The zero-order valence-electron chi connectivity index (χ0n) is 12.1. The molecule has 1 aliphatic rings. The van der Waals surface area contributed by atoms with Gasteiger partial charge in [-0.05, 0) is 0 Å². The molecule has 0 saturated carbocycles. The standard InChI is InChI=1S/C13H22N4O3/c1-18-12-11(13(19-2)16-10-15-12)9-14-3-4-17-5-7-20-8-6-17/h10,14H,3-9H2,1-2H3. The zero-order chi connectivity index (χ0) is 14.2. The summed E-state index contributed by atoms with van der Waals surface area (Å²) in [4.78, 5) is 10.6. The minimum atomic E-state index is 0.552. The fourth-order valence-electron chi connectivity index (χ4n) is 2.16. The van der Waals surface area contributed by atoms with Crippen LogP contribution in [0.1, 0.15) is 5.56 Å². The summed E-state index contributed by atoms with van der Waals surface area (Å²) in [6.45, 7) is 6.17. The quantitative estimate of drug-likeness (QED) is 0.701. The zero-order valence-corrected chi connectivity index (χ0v) is 12.1. The third-order valence-corrected chi connectivity index (χ3v) is 3.26. The molecule has 1 fully saturated rings. The second kappa shape index (κ2) is 7.98. The van der Waals surface area contributed by atoms with E-state index >= 15 is 0 Å². The van der Waals surface area contributed by atoms with E-state index in [0.29, 0.717) is 18.3 Å². The topological polar surface area (TPSA) is 68.7 Å². The smallest absolute Gasteiger partial charge is 0.224 e. The minimum Gasteiger partial charge on any atom is -0.481 e. The SMILES string of the molecule is COc1ncnc(OC)c1CNCCN1CCOCC1. The maximum atomic E-state index is 5.32. The summed E-state index contributed by atoms with van der Waals surface area (Å²) in [5.74, 6) is 1.10. The van der Waals surface area contributed by atoms with Gasteiger partial charge in [0.15, 0.2) is 0 Å². The number of rotatable bonds is 7. The van der Waals surface area contributed by atoms with E-state index in [1.165, 1.54) is 6.33 Å². The number of ether oxygens (including phenoxy) is 3. The molecule has 0 radical (unpaired) electrons. The number of nitrogens with zero attached hydrogens (tertiary/aromatic N) is 3. The van der Waals surface area contributed by atoms with E-state index in [4.69, 9.17) is 14.2 Å². The Bertz CT molecular complexity index is 388. The van der Waals surface area contributed by atoms with Crippen LogP contribution in [-0.4, -0.2) is 68.5 Å². The van der Waals surface area contributed by atoms with Crippen molar-refractivity contribution in [3.05, 3.63) is 11.9 Å². The summed E-state index contributed by atoms with van der Waals surface area (Å²) in [5.41, 5.74) is 0.847. The molecule has 0 aliphatic carbocycles. The first kappa shape index (κ1) is 15.0. The molecule has 1 aromatic rings. The van der Waals surface area contributed by atoms with E-state index in [1.54, 1.807) is 14.2 Å². The van der Waals surface area contributed by atoms with Crippen LogP contribution in [0.3, 0.4) is 0 Å². The van der Waals surface area contributed by atoms with Crippen LogP contribution >= 0.6 is 0 Å². The number of hydrogen-bond acceptors (Lipinski definition) is 7. The predicted molar refractivity (Wildman–Crippen MR) is 74.1 cm³/mol. The fraction of sp³-hybridized carbons (Fsp3) is 0.692. The van der Waals surface area contributed by atoms with Crippen molar-refractivity contribution in [3.63, 3.8) is 0 Å². The Kier molecular flexibility index (Phi) is 5.97. The molecule has 7 nitrogen and oxygen atoms in total. The Labute approximate surface area is 119 Å². The Morgan fingerprint density at radius 3 is 2.45 bits per heavy atom. The number of methoxy groups -OCH3 is 2. The molecule has 0 aromatic carbocycles. The van der Waals surface area contributed by atoms with Crippen molar-refractivity contribution in [1.29, 1.82) is 0 Å². The summed E-state index contributed by atoms with van der Waals surface area (Å²) in [6, 6.07) is 0. The molecule has 7 heteroatoms. The van der Waals surface area contributed by atoms with Crippen LogP contribution < -0.4 is 14.8 Å². The monoisotopic (exact) mass is 282 g/mol. The Balaban J connectivity index is 1.81. The molecule has 112 valence electrons. The predicted octanol–water partition coefficient (Wildman–Crippen LogP) is -0.0844. The average Bonchev–Trinajstić information content (AvgIpc) is 2.52. The van der Waals surface area contributed by atoms with Gasteiger partial charge in [0.05, 0.1) is 33.0 Å². The summed E-state index contributed by atoms with van der Waals surface area (Å²) in [6.07, 6.45) is 1.44. The summed E-state index contributed by atoms with van der Waals surface area (Å²) in [5, 5.41) is 3.38. The average molecular weight is 282 g/mol. The molecule has 0 spiro atoms. The van der Waals surface area contributed by atoms with Crippen molar-refractivity contribution in [3.8, 4) is 11.8 Å². The van der Waals surface area contributed by atoms with Gasteiger partial charge in [-0.25, -0.2) is 9.97 Å². The second-order valence-electron chi connectivity index (χ2n) is 4.50. The first-order chi connectivity index (χ1) is 9.85. The first-order valence-corrected chi connectivity index (χ1v) is 6.78. The van der Waals surface area contributed by atoms with Crippen LogP contribution in [0, 0.1) is 0 Å². The molecule has 0 unspecified atom stereocenters. The molecule has 20 heavy (non-hydrogen) atoms. The van der Waals surface area contributed by atoms with Crippen molar-refractivity contribution in [2.24, 2.45) is 0 Å². The van der Waals surface area contributed by atoms with Crippen LogP contribution in [0.5, 0.6) is 11.8 Å².